The summed E-state index contributed by atoms with van der Waals surface area (Å²) >= 11 is 0. The topological polar surface area (TPSA) is 63.4 Å². The average Bonchev–Trinajstić information content (AvgIpc) is 2.03. The minimum atomic E-state index is -0.805. The molecular weight excluding hydrogens is 170 g/mol. The van der Waals surface area contributed by atoms with Gasteiger partial charge in [-0.3, -0.25) is 10.1 Å². The second-order valence-electron chi connectivity index (χ2n) is 3.00. The van der Waals surface area contributed by atoms with E-state index in [9.17, 15) is 15.2 Å². The summed E-state index contributed by atoms with van der Waals surface area (Å²) in [7, 11) is 0. The third kappa shape index (κ3) is 2.03. The Labute approximate surface area is 76.0 Å². The summed E-state index contributed by atoms with van der Waals surface area (Å²) in [6.45, 7) is 3.34. The zero-order valence-corrected chi connectivity index (χ0v) is 7.52. The minimum absolute atomic E-state index is 0.0272. The highest BCUT2D eigenvalue weighted by atomic mass is 16.6. The Kier molecular flexibility index (Phi) is 2.63. The predicted molar refractivity (Wildman–Crippen MR) is 48.5 cm³/mol. The standard InChI is InChI=1S/C9H11NO3/c1-6-3-4-9(10(12)13)8(5-6)7(2)11/h3-5,7,11H,1-2H3/t7-/m0/s1. The second-order valence-corrected chi connectivity index (χ2v) is 3.00. The van der Waals surface area contributed by atoms with E-state index in [2.05, 4.69) is 0 Å². The van der Waals surface area contributed by atoms with Gasteiger partial charge in [0, 0.05) is 6.07 Å². The van der Waals surface area contributed by atoms with Crippen molar-refractivity contribution in [3.05, 3.63) is 39.4 Å². The van der Waals surface area contributed by atoms with E-state index in [1.807, 2.05) is 6.92 Å². The SMILES string of the molecule is Cc1ccc([N+](=O)[O-])c([C@H](C)O)c1. The van der Waals surface area contributed by atoms with Gasteiger partial charge in [-0.05, 0) is 19.9 Å². The lowest BCUT2D eigenvalue weighted by atomic mass is 10.1. The number of hydrogen-bond acceptors (Lipinski definition) is 3. The number of hydrogen-bond donors (Lipinski definition) is 1. The summed E-state index contributed by atoms with van der Waals surface area (Å²) in [5.41, 5.74) is 1.24. The van der Waals surface area contributed by atoms with Crippen LogP contribution < -0.4 is 0 Å². The molecule has 13 heavy (non-hydrogen) atoms. The van der Waals surface area contributed by atoms with Crippen LogP contribution >= 0.6 is 0 Å². The monoisotopic (exact) mass is 181 g/mol. The number of aliphatic hydroxyl groups is 1. The highest BCUT2D eigenvalue weighted by Crippen LogP contribution is 2.25. The molecule has 70 valence electrons. The smallest absolute Gasteiger partial charge is 0.275 e. The largest absolute Gasteiger partial charge is 0.388 e. The van der Waals surface area contributed by atoms with E-state index in [1.165, 1.54) is 13.0 Å². The van der Waals surface area contributed by atoms with Gasteiger partial charge in [-0.25, -0.2) is 0 Å². The summed E-state index contributed by atoms with van der Waals surface area (Å²) in [4.78, 5) is 10.0. The Balaban J connectivity index is 3.26. The quantitative estimate of drug-likeness (QED) is 0.560. The Morgan fingerprint density at radius 1 is 1.54 bits per heavy atom. The van der Waals surface area contributed by atoms with Gasteiger partial charge in [0.2, 0.25) is 0 Å². The molecule has 0 aromatic heterocycles. The van der Waals surface area contributed by atoms with E-state index in [4.69, 9.17) is 0 Å². The normalized spacial score (nSPS) is 12.5. The van der Waals surface area contributed by atoms with Crippen molar-refractivity contribution in [3.8, 4) is 0 Å². The Hall–Kier alpha value is -1.42. The molecular formula is C9H11NO3. The molecule has 1 N–H and O–H groups in total. The zero-order valence-electron chi connectivity index (χ0n) is 7.52. The van der Waals surface area contributed by atoms with Crippen molar-refractivity contribution in [2.45, 2.75) is 20.0 Å². The summed E-state index contributed by atoms with van der Waals surface area (Å²) in [5, 5.41) is 19.8. The molecule has 0 fully saturated rings. The fourth-order valence-corrected chi connectivity index (χ4v) is 1.17. The Morgan fingerprint density at radius 2 is 2.15 bits per heavy atom. The maximum absolute atomic E-state index is 10.5. The van der Waals surface area contributed by atoms with Crippen molar-refractivity contribution in [1.29, 1.82) is 0 Å². The minimum Gasteiger partial charge on any atom is -0.388 e. The van der Waals surface area contributed by atoms with Gasteiger partial charge in [-0.2, -0.15) is 0 Å². The van der Waals surface area contributed by atoms with Crippen molar-refractivity contribution < 1.29 is 10.0 Å². The second kappa shape index (κ2) is 3.53. The van der Waals surface area contributed by atoms with Gasteiger partial charge in [0.1, 0.15) is 0 Å². The molecule has 0 radical (unpaired) electrons. The van der Waals surface area contributed by atoms with Crippen molar-refractivity contribution in [3.63, 3.8) is 0 Å². The van der Waals surface area contributed by atoms with Crippen LogP contribution in [0, 0.1) is 17.0 Å². The molecule has 0 saturated heterocycles. The van der Waals surface area contributed by atoms with E-state index < -0.39 is 11.0 Å². The Bertz CT molecular complexity index is 334. The number of nitro groups is 1. The third-order valence-electron chi connectivity index (χ3n) is 1.83. The van der Waals surface area contributed by atoms with Gasteiger partial charge >= 0.3 is 0 Å². The molecule has 0 amide bonds. The third-order valence-corrected chi connectivity index (χ3v) is 1.83. The molecule has 0 bridgehead atoms. The number of aliphatic hydroxyl groups excluding tert-OH is 1. The van der Waals surface area contributed by atoms with Crippen molar-refractivity contribution in [2.75, 3.05) is 0 Å². The van der Waals surface area contributed by atoms with E-state index in [0.29, 0.717) is 5.56 Å². The van der Waals surface area contributed by atoms with Crippen molar-refractivity contribution >= 4 is 5.69 Å². The average molecular weight is 181 g/mol. The maximum Gasteiger partial charge on any atom is 0.275 e. The lowest BCUT2D eigenvalue weighted by Crippen LogP contribution is -1.99. The predicted octanol–water partition coefficient (Wildman–Crippen LogP) is 1.96. The molecule has 0 aliphatic heterocycles. The van der Waals surface area contributed by atoms with E-state index in [-0.39, 0.29) is 5.69 Å². The van der Waals surface area contributed by atoms with Crippen LogP contribution in [0.2, 0.25) is 0 Å². The van der Waals surface area contributed by atoms with Gasteiger partial charge in [-0.15, -0.1) is 0 Å². The van der Waals surface area contributed by atoms with Gasteiger partial charge in [0.05, 0.1) is 16.6 Å². The summed E-state index contributed by atoms with van der Waals surface area (Å²) < 4.78 is 0. The molecule has 0 aliphatic carbocycles. The highest BCUT2D eigenvalue weighted by molar-refractivity contribution is 5.43. The van der Waals surface area contributed by atoms with Gasteiger partial charge in [-0.1, -0.05) is 11.6 Å². The van der Waals surface area contributed by atoms with Crippen LogP contribution in [0.25, 0.3) is 0 Å². The molecule has 1 atom stereocenters. The first-order valence-corrected chi connectivity index (χ1v) is 3.95. The van der Waals surface area contributed by atoms with Crippen molar-refractivity contribution in [2.24, 2.45) is 0 Å². The number of nitrogens with zero attached hydrogens (tertiary/aromatic N) is 1. The fourth-order valence-electron chi connectivity index (χ4n) is 1.17. The highest BCUT2D eigenvalue weighted by Gasteiger charge is 2.16. The van der Waals surface area contributed by atoms with E-state index in [0.717, 1.165) is 5.56 Å². The van der Waals surface area contributed by atoms with Gasteiger partial charge in [0.25, 0.3) is 5.69 Å². The van der Waals surface area contributed by atoms with E-state index in [1.54, 1.807) is 12.1 Å². The van der Waals surface area contributed by atoms with Crippen LogP contribution in [0.5, 0.6) is 0 Å². The number of rotatable bonds is 2. The molecule has 1 rings (SSSR count). The number of aryl methyl sites for hydroxylation is 1. The lowest BCUT2D eigenvalue weighted by molar-refractivity contribution is -0.386. The Morgan fingerprint density at radius 3 is 2.62 bits per heavy atom. The first-order chi connectivity index (χ1) is 6.02. The number of benzene rings is 1. The first-order valence-electron chi connectivity index (χ1n) is 3.95. The van der Waals surface area contributed by atoms with Crippen LogP contribution in [0.4, 0.5) is 5.69 Å². The molecule has 0 spiro atoms. The van der Waals surface area contributed by atoms with Crippen LogP contribution in [-0.4, -0.2) is 10.0 Å². The molecule has 0 unspecified atom stereocenters. The lowest BCUT2D eigenvalue weighted by Gasteiger charge is -2.05. The van der Waals surface area contributed by atoms with Gasteiger partial charge < -0.3 is 5.11 Å². The summed E-state index contributed by atoms with van der Waals surface area (Å²) in [5.74, 6) is 0. The first kappa shape index (κ1) is 9.67. The molecule has 0 heterocycles. The van der Waals surface area contributed by atoms with Crippen LogP contribution in [0.3, 0.4) is 0 Å². The maximum atomic E-state index is 10.5. The number of nitro benzene ring substituents is 1. The van der Waals surface area contributed by atoms with Crippen LogP contribution in [0.1, 0.15) is 24.2 Å². The summed E-state index contributed by atoms with van der Waals surface area (Å²) in [6.07, 6.45) is -0.805. The molecule has 0 aliphatic rings. The van der Waals surface area contributed by atoms with Crippen LogP contribution in [-0.2, 0) is 0 Å². The zero-order chi connectivity index (χ0) is 10.0. The van der Waals surface area contributed by atoms with Gasteiger partial charge in [0.15, 0.2) is 0 Å². The molecule has 1 aromatic rings. The summed E-state index contributed by atoms with van der Waals surface area (Å²) in [6, 6.07) is 4.70. The molecule has 0 saturated carbocycles. The molecule has 4 heteroatoms. The fraction of sp³-hybridized carbons (Fsp3) is 0.333. The molecule has 1 aromatic carbocycles. The van der Waals surface area contributed by atoms with Crippen LogP contribution in [0.15, 0.2) is 18.2 Å². The van der Waals surface area contributed by atoms with E-state index >= 15 is 0 Å². The van der Waals surface area contributed by atoms with Crippen molar-refractivity contribution in [1.82, 2.24) is 0 Å². The molecule has 4 nitrogen and oxygen atoms in total.